The number of benzene rings is 1. The number of para-hydroxylation sites is 1. The molecule has 2 heterocycles. The summed E-state index contributed by atoms with van der Waals surface area (Å²) < 4.78 is 13.5. The van der Waals surface area contributed by atoms with Crippen LogP contribution in [0.15, 0.2) is 42.6 Å². The average Bonchev–Trinajstić information content (AvgIpc) is 2.80. The number of aromatic nitrogens is 1. The number of imide groups is 1. The fourth-order valence-corrected chi connectivity index (χ4v) is 2.31. The van der Waals surface area contributed by atoms with Gasteiger partial charge >= 0.3 is 0 Å². The molecular weight excluding hydrogens is 301 g/mol. The highest BCUT2D eigenvalue weighted by Crippen LogP contribution is 2.20. The van der Waals surface area contributed by atoms with E-state index in [-0.39, 0.29) is 29.9 Å². The molecule has 3 rings (SSSR count). The Morgan fingerprint density at radius 1 is 1.13 bits per heavy atom. The van der Waals surface area contributed by atoms with Crippen LogP contribution in [-0.2, 0) is 4.79 Å². The highest BCUT2D eigenvalue weighted by molar-refractivity contribution is 6.20. The molecule has 2 aromatic rings. The second-order valence-electron chi connectivity index (χ2n) is 4.94. The van der Waals surface area contributed by atoms with Gasteiger partial charge in [-0.25, -0.2) is 4.39 Å². The van der Waals surface area contributed by atoms with E-state index in [1.54, 1.807) is 12.1 Å². The molecular formula is C16H12FN3O3. The molecule has 1 N–H and O–H groups in total. The molecule has 0 fully saturated rings. The molecule has 23 heavy (non-hydrogen) atoms. The SMILES string of the molecule is O=C(CCN1C(=O)c2cccnc2C1=O)Nc1ccccc1F. The predicted molar refractivity (Wildman–Crippen MR) is 79.3 cm³/mol. The van der Waals surface area contributed by atoms with Gasteiger partial charge in [-0.1, -0.05) is 12.1 Å². The average molecular weight is 313 g/mol. The molecule has 116 valence electrons. The number of anilines is 1. The largest absolute Gasteiger partial charge is 0.324 e. The molecule has 0 aliphatic carbocycles. The smallest absolute Gasteiger partial charge is 0.280 e. The topological polar surface area (TPSA) is 79.4 Å². The molecule has 1 aromatic heterocycles. The highest BCUT2D eigenvalue weighted by Gasteiger charge is 2.36. The lowest BCUT2D eigenvalue weighted by Crippen LogP contribution is -2.33. The highest BCUT2D eigenvalue weighted by atomic mass is 19.1. The first-order valence-electron chi connectivity index (χ1n) is 6.93. The molecule has 0 saturated carbocycles. The lowest BCUT2D eigenvalue weighted by atomic mass is 10.2. The number of pyridine rings is 1. The minimum atomic E-state index is -0.550. The van der Waals surface area contributed by atoms with Crippen LogP contribution in [0, 0.1) is 5.82 Å². The minimum absolute atomic E-state index is 0.0570. The maximum atomic E-state index is 13.5. The first-order chi connectivity index (χ1) is 11.1. The van der Waals surface area contributed by atoms with Gasteiger partial charge in [0.25, 0.3) is 11.8 Å². The van der Waals surface area contributed by atoms with E-state index in [0.29, 0.717) is 0 Å². The molecule has 0 atom stereocenters. The van der Waals surface area contributed by atoms with Gasteiger partial charge in [0.1, 0.15) is 11.5 Å². The van der Waals surface area contributed by atoms with E-state index in [0.717, 1.165) is 4.90 Å². The van der Waals surface area contributed by atoms with Crippen molar-refractivity contribution in [1.29, 1.82) is 0 Å². The molecule has 1 aliphatic heterocycles. The van der Waals surface area contributed by atoms with Crippen molar-refractivity contribution in [3.8, 4) is 0 Å². The van der Waals surface area contributed by atoms with E-state index in [9.17, 15) is 18.8 Å². The monoisotopic (exact) mass is 313 g/mol. The van der Waals surface area contributed by atoms with E-state index < -0.39 is 23.5 Å². The van der Waals surface area contributed by atoms with Gasteiger partial charge in [0.05, 0.1) is 11.3 Å². The first-order valence-corrected chi connectivity index (χ1v) is 6.93. The molecule has 1 aromatic carbocycles. The standard InChI is InChI=1S/C16H12FN3O3/c17-11-5-1-2-6-12(11)19-13(21)7-9-20-15(22)10-4-3-8-18-14(10)16(20)23/h1-6,8H,7,9H2,(H,19,21). The van der Waals surface area contributed by atoms with Crippen molar-refractivity contribution in [2.24, 2.45) is 0 Å². The number of nitrogens with zero attached hydrogens (tertiary/aromatic N) is 2. The Balaban J connectivity index is 1.63. The summed E-state index contributed by atoms with van der Waals surface area (Å²) in [6.07, 6.45) is 1.30. The van der Waals surface area contributed by atoms with Crippen molar-refractivity contribution in [3.05, 3.63) is 59.7 Å². The Morgan fingerprint density at radius 3 is 2.65 bits per heavy atom. The van der Waals surface area contributed by atoms with Crippen LogP contribution < -0.4 is 5.32 Å². The predicted octanol–water partition coefficient (Wildman–Crippen LogP) is 1.85. The van der Waals surface area contributed by atoms with Crippen molar-refractivity contribution in [2.45, 2.75) is 6.42 Å². The maximum absolute atomic E-state index is 13.5. The summed E-state index contributed by atoms with van der Waals surface area (Å²) in [6, 6.07) is 8.84. The quantitative estimate of drug-likeness (QED) is 0.874. The number of fused-ring (bicyclic) bond motifs is 1. The van der Waals surface area contributed by atoms with Gasteiger partial charge in [-0.2, -0.15) is 0 Å². The zero-order valence-corrected chi connectivity index (χ0v) is 12.0. The van der Waals surface area contributed by atoms with Crippen molar-refractivity contribution >= 4 is 23.4 Å². The number of hydrogen-bond acceptors (Lipinski definition) is 4. The molecule has 0 radical (unpaired) electrons. The van der Waals surface area contributed by atoms with Crippen molar-refractivity contribution in [3.63, 3.8) is 0 Å². The lowest BCUT2D eigenvalue weighted by Gasteiger charge is -2.13. The van der Waals surface area contributed by atoms with Crippen LogP contribution >= 0.6 is 0 Å². The molecule has 1 aliphatic rings. The number of carbonyl (C=O) groups excluding carboxylic acids is 3. The van der Waals surface area contributed by atoms with Crippen LogP contribution in [0.3, 0.4) is 0 Å². The molecule has 3 amide bonds. The Kier molecular flexibility index (Phi) is 3.84. The van der Waals surface area contributed by atoms with Crippen LogP contribution in [0.25, 0.3) is 0 Å². The molecule has 0 bridgehead atoms. The van der Waals surface area contributed by atoms with E-state index in [1.807, 2.05) is 0 Å². The zero-order valence-electron chi connectivity index (χ0n) is 12.0. The van der Waals surface area contributed by atoms with Gasteiger partial charge in [0.2, 0.25) is 5.91 Å². The van der Waals surface area contributed by atoms with E-state index >= 15 is 0 Å². The lowest BCUT2D eigenvalue weighted by molar-refractivity contribution is -0.116. The number of hydrogen-bond donors (Lipinski definition) is 1. The second-order valence-corrected chi connectivity index (χ2v) is 4.94. The zero-order chi connectivity index (χ0) is 16.4. The van der Waals surface area contributed by atoms with Crippen molar-refractivity contribution in [2.75, 3.05) is 11.9 Å². The second kappa shape index (κ2) is 5.96. The van der Waals surface area contributed by atoms with Gasteiger partial charge < -0.3 is 5.32 Å². The molecule has 0 saturated heterocycles. The Morgan fingerprint density at radius 2 is 1.91 bits per heavy atom. The fraction of sp³-hybridized carbons (Fsp3) is 0.125. The van der Waals surface area contributed by atoms with Crippen LogP contribution in [0.4, 0.5) is 10.1 Å². The Bertz CT molecular complexity index is 772. The summed E-state index contributed by atoms with van der Waals surface area (Å²) in [5.74, 6) is -2.04. The van der Waals surface area contributed by atoms with Gasteiger partial charge in [0.15, 0.2) is 0 Å². The van der Waals surface area contributed by atoms with Crippen molar-refractivity contribution < 1.29 is 18.8 Å². The summed E-state index contributed by atoms with van der Waals surface area (Å²) in [7, 11) is 0. The fourth-order valence-electron chi connectivity index (χ4n) is 2.31. The first kappa shape index (κ1) is 14.8. The third-order valence-electron chi connectivity index (χ3n) is 3.44. The van der Waals surface area contributed by atoms with Gasteiger partial charge in [-0.05, 0) is 24.3 Å². The summed E-state index contributed by atoms with van der Waals surface area (Å²) in [5, 5.41) is 2.41. The Hall–Kier alpha value is -3.09. The van der Waals surface area contributed by atoms with Crippen LogP contribution in [-0.4, -0.2) is 34.2 Å². The van der Waals surface area contributed by atoms with E-state index in [1.165, 1.54) is 30.5 Å². The summed E-state index contributed by atoms with van der Waals surface area (Å²) in [4.78, 5) is 40.9. The summed E-state index contributed by atoms with van der Waals surface area (Å²) in [5.41, 5.74) is 0.376. The minimum Gasteiger partial charge on any atom is -0.324 e. The maximum Gasteiger partial charge on any atom is 0.280 e. The van der Waals surface area contributed by atoms with E-state index in [4.69, 9.17) is 0 Å². The number of halogens is 1. The molecule has 0 unspecified atom stereocenters. The molecule has 7 heteroatoms. The third-order valence-corrected chi connectivity index (χ3v) is 3.44. The van der Waals surface area contributed by atoms with Crippen LogP contribution in [0.2, 0.25) is 0 Å². The number of nitrogens with one attached hydrogen (secondary N) is 1. The molecule has 6 nitrogen and oxygen atoms in total. The van der Waals surface area contributed by atoms with E-state index in [2.05, 4.69) is 10.3 Å². The molecule has 0 spiro atoms. The van der Waals surface area contributed by atoms with Gasteiger partial charge in [-0.15, -0.1) is 0 Å². The number of carbonyl (C=O) groups is 3. The normalized spacial score (nSPS) is 13.2. The van der Waals surface area contributed by atoms with Gasteiger partial charge in [0, 0.05) is 19.2 Å². The van der Waals surface area contributed by atoms with Gasteiger partial charge in [-0.3, -0.25) is 24.3 Å². The number of amides is 3. The summed E-state index contributed by atoms with van der Waals surface area (Å²) >= 11 is 0. The third kappa shape index (κ3) is 2.80. The Labute approximate surface area is 130 Å². The number of rotatable bonds is 4. The van der Waals surface area contributed by atoms with Crippen molar-refractivity contribution in [1.82, 2.24) is 9.88 Å². The van der Waals surface area contributed by atoms with Crippen LogP contribution in [0.1, 0.15) is 27.3 Å². The summed E-state index contributed by atoms with van der Waals surface area (Å²) in [6.45, 7) is -0.0890. The van der Waals surface area contributed by atoms with Crippen LogP contribution in [0.5, 0.6) is 0 Å².